The molecule has 1 unspecified atom stereocenters. The highest BCUT2D eigenvalue weighted by Crippen LogP contribution is 2.42. The number of halogens is 2. The molecule has 0 amide bonds. The van der Waals surface area contributed by atoms with E-state index in [4.69, 9.17) is 0 Å². The fourth-order valence-corrected chi connectivity index (χ4v) is 2.86. The van der Waals surface area contributed by atoms with Gasteiger partial charge in [-0.05, 0) is 43.4 Å². The molecule has 2 nitrogen and oxygen atoms in total. The molecule has 1 aromatic carbocycles. The second-order valence-corrected chi connectivity index (χ2v) is 5.27. The molecule has 19 heavy (non-hydrogen) atoms. The molecule has 0 N–H and O–H groups in total. The summed E-state index contributed by atoms with van der Waals surface area (Å²) in [6.07, 6.45) is 5.91. The van der Waals surface area contributed by atoms with Crippen LogP contribution >= 0.6 is 0 Å². The van der Waals surface area contributed by atoms with Crippen LogP contribution in [-0.2, 0) is 6.42 Å². The first kappa shape index (κ1) is 12.5. The van der Waals surface area contributed by atoms with Gasteiger partial charge in [-0.2, -0.15) is 0 Å². The van der Waals surface area contributed by atoms with Gasteiger partial charge in [-0.15, -0.1) is 0 Å². The number of aryl methyl sites for hydroxylation is 1. The number of hydrogen-bond donors (Lipinski definition) is 0. The number of alkyl halides is 2. The Morgan fingerprint density at radius 1 is 1.16 bits per heavy atom. The molecule has 1 heterocycles. The summed E-state index contributed by atoms with van der Waals surface area (Å²) in [4.78, 5) is 8.44. The Kier molecular flexibility index (Phi) is 3.17. The predicted molar refractivity (Wildman–Crippen MR) is 70.1 cm³/mol. The molecular formula is C15H16F2N2. The lowest BCUT2D eigenvalue weighted by atomic mass is 9.96. The van der Waals surface area contributed by atoms with Gasteiger partial charge in [-0.1, -0.05) is 6.07 Å². The fraction of sp³-hybridized carbons (Fsp3) is 0.467. The molecule has 0 spiro atoms. The van der Waals surface area contributed by atoms with Crippen LogP contribution in [0.2, 0.25) is 0 Å². The van der Waals surface area contributed by atoms with E-state index in [0.29, 0.717) is 25.7 Å². The maximum atomic E-state index is 13.5. The Hall–Kier alpha value is -1.58. The molecule has 1 aliphatic carbocycles. The smallest absolute Gasteiger partial charge is 0.250 e. The van der Waals surface area contributed by atoms with Gasteiger partial charge >= 0.3 is 0 Å². The second-order valence-electron chi connectivity index (χ2n) is 5.27. The van der Waals surface area contributed by atoms with Crippen molar-refractivity contribution in [1.29, 1.82) is 0 Å². The molecule has 3 rings (SSSR count). The molecule has 0 saturated heterocycles. The van der Waals surface area contributed by atoms with Crippen LogP contribution in [0.3, 0.4) is 0 Å². The van der Waals surface area contributed by atoms with Gasteiger partial charge in [0.05, 0.1) is 11.0 Å². The molecule has 0 bridgehead atoms. The molecule has 1 aliphatic rings. The molecule has 1 fully saturated rings. The van der Waals surface area contributed by atoms with Gasteiger partial charge in [0, 0.05) is 24.7 Å². The van der Waals surface area contributed by atoms with E-state index in [2.05, 4.69) is 9.97 Å². The average molecular weight is 262 g/mol. The van der Waals surface area contributed by atoms with E-state index < -0.39 is 11.8 Å². The fourth-order valence-electron chi connectivity index (χ4n) is 2.86. The van der Waals surface area contributed by atoms with Gasteiger partial charge in [0.15, 0.2) is 0 Å². The zero-order valence-electron chi connectivity index (χ0n) is 10.6. The van der Waals surface area contributed by atoms with Crippen molar-refractivity contribution in [3.63, 3.8) is 0 Å². The van der Waals surface area contributed by atoms with Crippen LogP contribution in [0, 0.1) is 5.92 Å². The van der Waals surface area contributed by atoms with E-state index in [1.165, 1.54) is 0 Å². The van der Waals surface area contributed by atoms with Crippen LogP contribution in [0.4, 0.5) is 8.78 Å². The molecule has 4 heteroatoms. The third kappa shape index (κ3) is 2.57. The van der Waals surface area contributed by atoms with Gasteiger partial charge in [0.25, 0.3) is 5.92 Å². The maximum Gasteiger partial charge on any atom is 0.250 e. The highest BCUT2D eigenvalue weighted by molar-refractivity contribution is 5.74. The molecule has 1 aromatic heterocycles. The highest BCUT2D eigenvalue weighted by Gasteiger charge is 2.42. The van der Waals surface area contributed by atoms with Crippen molar-refractivity contribution in [1.82, 2.24) is 9.97 Å². The number of benzene rings is 1. The Bertz CT molecular complexity index is 583. The van der Waals surface area contributed by atoms with Crippen molar-refractivity contribution in [2.75, 3.05) is 0 Å². The molecule has 0 aliphatic heterocycles. The van der Waals surface area contributed by atoms with Crippen LogP contribution in [0.15, 0.2) is 30.6 Å². The van der Waals surface area contributed by atoms with Crippen LogP contribution < -0.4 is 0 Å². The number of aromatic nitrogens is 2. The SMILES string of the molecule is FC1(F)CCCC1CCc1ccc2nccnc2c1. The van der Waals surface area contributed by atoms with Gasteiger partial charge in [-0.3, -0.25) is 9.97 Å². The lowest BCUT2D eigenvalue weighted by Crippen LogP contribution is -2.22. The van der Waals surface area contributed by atoms with Crippen molar-refractivity contribution in [2.24, 2.45) is 5.92 Å². The Morgan fingerprint density at radius 3 is 2.68 bits per heavy atom. The first-order chi connectivity index (χ1) is 9.15. The van der Waals surface area contributed by atoms with E-state index in [1.54, 1.807) is 12.4 Å². The van der Waals surface area contributed by atoms with E-state index in [1.807, 2.05) is 18.2 Å². The quantitative estimate of drug-likeness (QED) is 0.835. The van der Waals surface area contributed by atoms with Gasteiger partial charge in [0.2, 0.25) is 0 Å². The van der Waals surface area contributed by atoms with Crippen molar-refractivity contribution in [3.8, 4) is 0 Å². The highest BCUT2D eigenvalue weighted by atomic mass is 19.3. The average Bonchev–Trinajstić information content (AvgIpc) is 2.75. The molecular weight excluding hydrogens is 246 g/mol. The van der Waals surface area contributed by atoms with Crippen molar-refractivity contribution >= 4 is 11.0 Å². The third-order valence-electron chi connectivity index (χ3n) is 3.98. The molecule has 2 aromatic rings. The van der Waals surface area contributed by atoms with Crippen molar-refractivity contribution < 1.29 is 8.78 Å². The molecule has 0 radical (unpaired) electrons. The van der Waals surface area contributed by atoms with E-state index in [9.17, 15) is 8.78 Å². The first-order valence-electron chi connectivity index (χ1n) is 6.73. The standard InChI is InChI=1S/C15H16F2N2/c16-15(17)7-1-2-12(15)5-3-11-4-6-13-14(10-11)19-9-8-18-13/h4,6,8-10,12H,1-3,5,7H2. The van der Waals surface area contributed by atoms with Crippen LogP contribution in [0.1, 0.15) is 31.2 Å². The summed E-state index contributed by atoms with van der Waals surface area (Å²) in [5.74, 6) is -2.92. The molecule has 1 saturated carbocycles. The largest absolute Gasteiger partial charge is 0.253 e. The Labute approximate surface area is 110 Å². The van der Waals surface area contributed by atoms with Crippen LogP contribution in [-0.4, -0.2) is 15.9 Å². The maximum absolute atomic E-state index is 13.5. The number of nitrogens with zero attached hydrogens (tertiary/aromatic N) is 2. The third-order valence-corrected chi connectivity index (χ3v) is 3.98. The summed E-state index contributed by atoms with van der Waals surface area (Å²) in [5, 5.41) is 0. The first-order valence-corrected chi connectivity index (χ1v) is 6.73. The van der Waals surface area contributed by atoms with E-state index in [0.717, 1.165) is 16.6 Å². The predicted octanol–water partition coefficient (Wildman–Crippen LogP) is 4.00. The van der Waals surface area contributed by atoms with E-state index in [-0.39, 0.29) is 6.42 Å². The minimum atomic E-state index is -2.46. The van der Waals surface area contributed by atoms with Crippen molar-refractivity contribution in [2.45, 2.75) is 38.0 Å². The van der Waals surface area contributed by atoms with Crippen LogP contribution in [0.5, 0.6) is 0 Å². The van der Waals surface area contributed by atoms with Crippen molar-refractivity contribution in [3.05, 3.63) is 36.2 Å². The number of hydrogen-bond acceptors (Lipinski definition) is 2. The summed E-state index contributed by atoms with van der Waals surface area (Å²) < 4.78 is 27.1. The monoisotopic (exact) mass is 262 g/mol. The lowest BCUT2D eigenvalue weighted by Gasteiger charge is -2.18. The van der Waals surface area contributed by atoms with E-state index >= 15 is 0 Å². The lowest BCUT2D eigenvalue weighted by molar-refractivity contribution is -0.0392. The summed E-state index contributed by atoms with van der Waals surface area (Å²) >= 11 is 0. The summed E-state index contributed by atoms with van der Waals surface area (Å²) in [7, 11) is 0. The minimum absolute atomic E-state index is 0.0564. The minimum Gasteiger partial charge on any atom is -0.253 e. The van der Waals surface area contributed by atoms with Crippen LogP contribution in [0.25, 0.3) is 11.0 Å². The Morgan fingerprint density at radius 2 is 1.95 bits per heavy atom. The van der Waals surface area contributed by atoms with Gasteiger partial charge < -0.3 is 0 Å². The summed E-state index contributed by atoms with van der Waals surface area (Å²) in [6, 6.07) is 5.82. The normalized spacial score (nSPS) is 21.9. The summed E-state index contributed by atoms with van der Waals surface area (Å²) in [6.45, 7) is 0. The zero-order valence-corrected chi connectivity index (χ0v) is 10.6. The topological polar surface area (TPSA) is 25.8 Å². The Balaban J connectivity index is 1.72. The zero-order chi connectivity index (χ0) is 13.3. The number of rotatable bonds is 3. The summed E-state index contributed by atoms with van der Waals surface area (Å²) in [5.41, 5.74) is 2.74. The number of fused-ring (bicyclic) bond motifs is 1. The molecule has 1 atom stereocenters. The van der Waals surface area contributed by atoms with Gasteiger partial charge in [-0.25, -0.2) is 8.78 Å². The second kappa shape index (κ2) is 4.83. The molecule has 100 valence electrons. The van der Waals surface area contributed by atoms with Gasteiger partial charge in [0.1, 0.15) is 0 Å².